The number of benzene rings is 1. The van der Waals surface area contributed by atoms with E-state index in [9.17, 15) is 0 Å². The van der Waals surface area contributed by atoms with Crippen molar-refractivity contribution >= 4 is 12.6 Å². The molecule has 0 N–H and O–H groups in total. The molecule has 0 aliphatic heterocycles. The van der Waals surface area contributed by atoms with Crippen molar-refractivity contribution in [3.63, 3.8) is 0 Å². The summed E-state index contributed by atoms with van der Waals surface area (Å²) in [6, 6.07) is 10.2. The maximum absolute atomic E-state index is 5.25. The lowest BCUT2D eigenvalue weighted by atomic mass is 10.0. The molecule has 0 nitrogen and oxygen atoms in total. The van der Waals surface area contributed by atoms with E-state index in [1.165, 1.54) is 5.56 Å². The molecular weight excluding hydrogens is 140 g/mol. The fraction of sp³-hybridized carbons (Fsp3) is 0.333. The number of rotatable bonds is 1. The van der Waals surface area contributed by atoms with Crippen LogP contribution in [-0.2, 0) is 4.75 Å². The third-order valence-electron chi connectivity index (χ3n) is 1.47. The lowest BCUT2D eigenvalue weighted by Crippen LogP contribution is -2.06. The van der Waals surface area contributed by atoms with Crippen LogP contribution in [0.3, 0.4) is 0 Å². The standard InChI is InChI=1S/C9H11S/c1-9(2,10)8-6-4-3-5-7-8/h3-7H,1-2H3. The van der Waals surface area contributed by atoms with Crippen molar-refractivity contribution in [2.45, 2.75) is 18.6 Å². The van der Waals surface area contributed by atoms with Crippen LogP contribution in [0.4, 0.5) is 0 Å². The van der Waals surface area contributed by atoms with Gasteiger partial charge in [-0.1, -0.05) is 43.0 Å². The van der Waals surface area contributed by atoms with Crippen LogP contribution in [0.5, 0.6) is 0 Å². The van der Waals surface area contributed by atoms with Crippen molar-refractivity contribution in [2.75, 3.05) is 0 Å². The molecule has 53 valence electrons. The van der Waals surface area contributed by atoms with Gasteiger partial charge in [0.15, 0.2) is 0 Å². The van der Waals surface area contributed by atoms with Gasteiger partial charge in [0.2, 0.25) is 0 Å². The van der Waals surface area contributed by atoms with Crippen LogP contribution in [0.2, 0.25) is 0 Å². The summed E-state index contributed by atoms with van der Waals surface area (Å²) in [6.07, 6.45) is 0. The first-order valence-electron chi connectivity index (χ1n) is 3.36. The average molecular weight is 151 g/mol. The molecule has 0 saturated carbocycles. The van der Waals surface area contributed by atoms with E-state index in [2.05, 4.69) is 12.1 Å². The first-order chi connectivity index (χ1) is 4.61. The van der Waals surface area contributed by atoms with Gasteiger partial charge in [0, 0.05) is 4.75 Å². The van der Waals surface area contributed by atoms with Crippen molar-refractivity contribution in [1.82, 2.24) is 0 Å². The molecule has 1 aromatic carbocycles. The van der Waals surface area contributed by atoms with E-state index in [-0.39, 0.29) is 4.75 Å². The Hall–Kier alpha value is -0.430. The zero-order valence-electron chi connectivity index (χ0n) is 6.29. The van der Waals surface area contributed by atoms with Crippen molar-refractivity contribution < 1.29 is 0 Å². The van der Waals surface area contributed by atoms with Gasteiger partial charge >= 0.3 is 0 Å². The van der Waals surface area contributed by atoms with E-state index in [4.69, 9.17) is 12.6 Å². The Kier molecular flexibility index (Phi) is 2.05. The highest BCUT2D eigenvalue weighted by Crippen LogP contribution is 2.25. The molecule has 10 heavy (non-hydrogen) atoms. The topological polar surface area (TPSA) is 0 Å². The second-order valence-electron chi connectivity index (χ2n) is 2.88. The smallest absolute Gasteiger partial charge is 0.0455 e. The van der Waals surface area contributed by atoms with Gasteiger partial charge in [-0.05, 0) is 19.4 Å². The number of hydrogen-bond donors (Lipinski definition) is 0. The molecule has 0 unspecified atom stereocenters. The van der Waals surface area contributed by atoms with Crippen LogP contribution >= 0.6 is 12.6 Å². The Morgan fingerprint density at radius 3 is 1.90 bits per heavy atom. The van der Waals surface area contributed by atoms with Crippen LogP contribution in [-0.4, -0.2) is 0 Å². The molecule has 1 heteroatoms. The molecule has 0 aliphatic rings. The molecule has 0 amide bonds. The zero-order chi connectivity index (χ0) is 7.61. The Morgan fingerprint density at radius 1 is 1.10 bits per heavy atom. The third kappa shape index (κ3) is 1.77. The highest BCUT2D eigenvalue weighted by molar-refractivity contribution is 7.81. The molecule has 0 saturated heterocycles. The fourth-order valence-corrected chi connectivity index (χ4v) is 0.976. The van der Waals surface area contributed by atoms with E-state index in [0.717, 1.165) is 0 Å². The van der Waals surface area contributed by atoms with Gasteiger partial charge in [-0.2, -0.15) is 0 Å². The summed E-state index contributed by atoms with van der Waals surface area (Å²) < 4.78 is -0.124. The molecule has 1 aromatic rings. The van der Waals surface area contributed by atoms with E-state index < -0.39 is 0 Å². The molecular formula is C9H11S. The summed E-state index contributed by atoms with van der Waals surface area (Å²) in [5, 5.41) is 0. The summed E-state index contributed by atoms with van der Waals surface area (Å²) in [4.78, 5) is 0. The highest BCUT2D eigenvalue weighted by atomic mass is 32.1. The molecule has 0 aliphatic carbocycles. The van der Waals surface area contributed by atoms with Crippen LogP contribution in [0, 0.1) is 0 Å². The summed E-state index contributed by atoms with van der Waals surface area (Å²) in [5.74, 6) is 0. The molecule has 0 aromatic heterocycles. The van der Waals surface area contributed by atoms with Gasteiger partial charge in [-0.15, -0.1) is 0 Å². The highest BCUT2D eigenvalue weighted by Gasteiger charge is 2.13. The molecule has 0 bridgehead atoms. The van der Waals surface area contributed by atoms with E-state index >= 15 is 0 Å². The summed E-state index contributed by atoms with van der Waals surface area (Å²) >= 11 is 5.25. The maximum Gasteiger partial charge on any atom is 0.0455 e. The van der Waals surface area contributed by atoms with Gasteiger partial charge in [-0.25, -0.2) is 0 Å². The van der Waals surface area contributed by atoms with E-state index in [1.54, 1.807) is 0 Å². The second kappa shape index (κ2) is 2.67. The monoisotopic (exact) mass is 151 g/mol. The molecule has 0 spiro atoms. The Morgan fingerprint density at radius 2 is 1.60 bits per heavy atom. The van der Waals surface area contributed by atoms with Gasteiger partial charge in [0.1, 0.15) is 0 Å². The van der Waals surface area contributed by atoms with Crippen LogP contribution < -0.4 is 0 Å². The lowest BCUT2D eigenvalue weighted by Gasteiger charge is -2.15. The Labute approximate surface area is 67.7 Å². The van der Waals surface area contributed by atoms with Crippen molar-refractivity contribution in [1.29, 1.82) is 0 Å². The summed E-state index contributed by atoms with van der Waals surface area (Å²) in [6.45, 7) is 4.08. The van der Waals surface area contributed by atoms with E-state index in [0.29, 0.717) is 0 Å². The summed E-state index contributed by atoms with van der Waals surface area (Å²) in [7, 11) is 0. The van der Waals surface area contributed by atoms with Crippen molar-refractivity contribution in [3.8, 4) is 0 Å². The zero-order valence-corrected chi connectivity index (χ0v) is 7.11. The molecule has 0 heterocycles. The predicted octanol–water partition coefficient (Wildman–Crippen LogP) is 3.12. The third-order valence-corrected chi connectivity index (χ3v) is 1.70. The molecule has 1 rings (SSSR count). The van der Waals surface area contributed by atoms with Crippen LogP contribution in [0.15, 0.2) is 30.3 Å². The van der Waals surface area contributed by atoms with Gasteiger partial charge in [-0.3, -0.25) is 0 Å². The maximum atomic E-state index is 5.25. The lowest BCUT2D eigenvalue weighted by molar-refractivity contribution is 0.791. The minimum atomic E-state index is -0.124. The fourth-order valence-electron chi connectivity index (χ4n) is 0.840. The number of hydrogen-bond acceptors (Lipinski definition) is 0. The normalized spacial score (nSPS) is 11.5. The first-order valence-corrected chi connectivity index (χ1v) is 3.77. The SMILES string of the molecule is CC(C)([S])c1ccccc1. The largest absolute Gasteiger partial charge is 0.0822 e. The average Bonchev–Trinajstić information content (AvgIpc) is 1.88. The van der Waals surface area contributed by atoms with Gasteiger partial charge in [0.25, 0.3) is 0 Å². The van der Waals surface area contributed by atoms with Crippen LogP contribution in [0.1, 0.15) is 19.4 Å². The minimum absolute atomic E-state index is 0.124. The Bertz CT molecular complexity index is 196. The van der Waals surface area contributed by atoms with E-state index in [1.807, 2.05) is 32.0 Å². The molecule has 0 atom stereocenters. The minimum Gasteiger partial charge on any atom is -0.0822 e. The molecule has 0 fully saturated rings. The predicted molar refractivity (Wildman–Crippen MR) is 47.1 cm³/mol. The summed E-state index contributed by atoms with van der Waals surface area (Å²) in [5.41, 5.74) is 1.21. The van der Waals surface area contributed by atoms with Gasteiger partial charge in [0.05, 0.1) is 0 Å². The Balaban J connectivity index is 2.97. The van der Waals surface area contributed by atoms with Crippen molar-refractivity contribution in [2.24, 2.45) is 0 Å². The first kappa shape index (κ1) is 7.67. The van der Waals surface area contributed by atoms with Gasteiger partial charge < -0.3 is 0 Å². The second-order valence-corrected chi connectivity index (χ2v) is 3.90. The van der Waals surface area contributed by atoms with Crippen LogP contribution in [0.25, 0.3) is 0 Å². The quantitative estimate of drug-likeness (QED) is 0.578. The van der Waals surface area contributed by atoms with Crippen molar-refractivity contribution in [3.05, 3.63) is 35.9 Å². The molecule has 1 radical (unpaired) electrons.